The van der Waals surface area contributed by atoms with E-state index < -0.39 is 0 Å². The zero-order valence-electron chi connectivity index (χ0n) is 9.38. The summed E-state index contributed by atoms with van der Waals surface area (Å²) in [6.45, 7) is 2.01. The van der Waals surface area contributed by atoms with E-state index in [4.69, 9.17) is 9.26 Å². The average molecular weight is 276 g/mol. The summed E-state index contributed by atoms with van der Waals surface area (Å²) in [6.07, 6.45) is 0. The van der Waals surface area contributed by atoms with Crippen molar-refractivity contribution in [2.24, 2.45) is 0 Å². The van der Waals surface area contributed by atoms with Gasteiger partial charge in [0.25, 0.3) is 0 Å². The molecule has 94 valence electrons. The normalized spacial score (nSPS) is 10.2. The van der Waals surface area contributed by atoms with E-state index in [2.05, 4.69) is 15.5 Å². The molecule has 2 heterocycles. The molecule has 0 saturated carbocycles. The Kier molecular flexibility index (Phi) is 6.13. The Morgan fingerprint density at radius 3 is 3.12 bits per heavy atom. The number of hydrogen-bond acceptors (Lipinski definition) is 6. The van der Waals surface area contributed by atoms with E-state index in [0.29, 0.717) is 24.9 Å². The number of ether oxygens (including phenoxy) is 1. The first kappa shape index (κ1) is 14.1. The van der Waals surface area contributed by atoms with Crippen LogP contribution in [0, 0.1) is 0 Å². The highest BCUT2D eigenvalue weighted by atomic mass is 35.5. The summed E-state index contributed by atoms with van der Waals surface area (Å²) in [5.74, 6) is 1.25. The molecule has 7 heteroatoms. The topological polar surface area (TPSA) is 60.2 Å². The van der Waals surface area contributed by atoms with Gasteiger partial charge in [0.15, 0.2) is 0 Å². The third kappa shape index (κ3) is 4.08. The van der Waals surface area contributed by atoms with Gasteiger partial charge < -0.3 is 14.6 Å². The molecule has 0 atom stereocenters. The summed E-state index contributed by atoms with van der Waals surface area (Å²) in [6, 6.07) is 3.94. The molecule has 0 amide bonds. The fraction of sp³-hybridized carbons (Fsp3) is 0.400. The molecule has 0 bridgehead atoms. The smallest absolute Gasteiger partial charge is 0.240 e. The van der Waals surface area contributed by atoms with Gasteiger partial charge >= 0.3 is 0 Å². The molecule has 0 fully saturated rings. The molecule has 0 aliphatic heterocycles. The van der Waals surface area contributed by atoms with Crippen LogP contribution in [0.1, 0.15) is 5.89 Å². The van der Waals surface area contributed by atoms with Crippen LogP contribution in [0.15, 0.2) is 22.0 Å². The summed E-state index contributed by atoms with van der Waals surface area (Å²) in [5, 5.41) is 9.04. The third-order valence-corrected chi connectivity index (χ3v) is 2.83. The lowest BCUT2D eigenvalue weighted by Crippen LogP contribution is -2.18. The van der Waals surface area contributed by atoms with Gasteiger partial charge in [0.1, 0.15) is 0 Å². The second kappa shape index (κ2) is 7.39. The highest BCUT2D eigenvalue weighted by Gasteiger charge is 2.08. The number of rotatable bonds is 6. The largest absolute Gasteiger partial charge is 0.383 e. The first-order chi connectivity index (χ1) is 7.90. The van der Waals surface area contributed by atoms with E-state index >= 15 is 0 Å². The molecule has 0 radical (unpaired) electrons. The maximum atomic E-state index is 5.11. The Balaban J connectivity index is 0.00000144. The van der Waals surface area contributed by atoms with Crippen LogP contribution >= 0.6 is 23.7 Å². The van der Waals surface area contributed by atoms with Crippen LogP contribution in [0.25, 0.3) is 10.7 Å². The molecule has 0 aromatic carbocycles. The Morgan fingerprint density at radius 2 is 2.41 bits per heavy atom. The first-order valence-corrected chi connectivity index (χ1v) is 5.84. The summed E-state index contributed by atoms with van der Waals surface area (Å²) in [7, 11) is 1.67. The number of halogens is 1. The van der Waals surface area contributed by atoms with Crippen LogP contribution in [0.3, 0.4) is 0 Å². The second-order valence-corrected chi connectivity index (χ2v) is 4.11. The third-order valence-electron chi connectivity index (χ3n) is 1.97. The first-order valence-electron chi connectivity index (χ1n) is 4.96. The van der Waals surface area contributed by atoms with Crippen LogP contribution < -0.4 is 5.32 Å². The Hall–Kier alpha value is -0.950. The Bertz CT molecular complexity index is 419. The van der Waals surface area contributed by atoms with E-state index in [1.807, 2.05) is 17.5 Å². The van der Waals surface area contributed by atoms with Gasteiger partial charge in [0, 0.05) is 13.7 Å². The number of thiophene rings is 1. The Morgan fingerprint density at radius 1 is 1.53 bits per heavy atom. The van der Waals surface area contributed by atoms with Crippen molar-refractivity contribution >= 4 is 23.7 Å². The van der Waals surface area contributed by atoms with E-state index in [9.17, 15) is 0 Å². The lowest BCUT2D eigenvalue weighted by molar-refractivity contribution is 0.197. The molecule has 0 unspecified atom stereocenters. The van der Waals surface area contributed by atoms with Gasteiger partial charge in [-0.05, 0) is 11.4 Å². The minimum Gasteiger partial charge on any atom is -0.383 e. The number of hydrogen-bond donors (Lipinski definition) is 1. The fourth-order valence-corrected chi connectivity index (χ4v) is 1.85. The minimum atomic E-state index is 0. The molecule has 0 saturated heterocycles. The minimum absolute atomic E-state index is 0. The summed E-state index contributed by atoms with van der Waals surface area (Å²) in [5.41, 5.74) is 0. The molecule has 17 heavy (non-hydrogen) atoms. The molecule has 2 rings (SSSR count). The number of methoxy groups -OCH3 is 1. The van der Waals surface area contributed by atoms with Crippen LogP contribution in [-0.4, -0.2) is 30.4 Å². The van der Waals surface area contributed by atoms with E-state index in [1.165, 1.54) is 0 Å². The highest BCUT2D eigenvalue weighted by molar-refractivity contribution is 7.13. The molecule has 0 aliphatic carbocycles. The number of nitrogens with one attached hydrogen (secondary N) is 1. The zero-order valence-corrected chi connectivity index (χ0v) is 11.0. The van der Waals surface area contributed by atoms with Crippen molar-refractivity contribution in [3.05, 3.63) is 23.4 Å². The van der Waals surface area contributed by atoms with E-state index in [-0.39, 0.29) is 12.4 Å². The lowest BCUT2D eigenvalue weighted by Gasteiger charge is -1.98. The van der Waals surface area contributed by atoms with Crippen molar-refractivity contribution in [1.29, 1.82) is 0 Å². The van der Waals surface area contributed by atoms with E-state index in [1.54, 1.807) is 18.4 Å². The molecule has 2 aromatic heterocycles. The van der Waals surface area contributed by atoms with Gasteiger partial charge in [-0.1, -0.05) is 11.2 Å². The highest BCUT2D eigenvalue weighted by Crippen LogP contribution is 2.20. The molecule has 0 aliphatic rings. The summed E-state index contributed by atoms with van der Waals surface area (Å²) >= 11 is 1.60. The average Bonchev–Trinajstić information content (AvgIpc) is 2.94. The standard InChI is InChI=1S/C10H13N3O2S.ClH/c1-14-5-4-11-7-9-12-10(13-15-9)8-3-2-6-16-8;/h2-3,6,11H,4-5,7H2,1H3;1H. The van der Waals surface area contributed by atoms with E-state index in [0.717, 1.165) is 11.4 Å². The molecular formula is C10H14ClN3O2S. The number of aromatic nitrogens is 2. The maximum absolute atomic E-state index is 5.11. The van der Waals surface area contributed by atoms with Crippen LogP contribution in [-0.2, 0) is 11.3 Å². The van der Waals surface area contributed by atoms with Crippen molar-refractivity contribution in [2.45, 2.75) is 6.54 Å². The van der Waals surface area contributed by atoms with Crippen LogP contribution in [0.5, 0.6) is 0 Å². The van der Waals surface area contributed by atoms with Crippen molar-refractivity contribution < 1.29 is 9.26 Å². The SMILES string of the molecule is COCCNCc1nc(-c2cccs2)no1.Cl. The van der Waals surface area contributed by atoms with Crippen molar-refractivity contribution in [1.82, 2.24) is 15.5 Å². The summed E-state index contributed by atoms with van der Waals surface area (Å²) < 4.78 is 10.0. The van der Waals surface area contributed by atoms with Crippen molar-refractivity contribution in [2.75, 3.05) is 20.3 Å². The predicted molar refractivity (Wildman–Crippen MR) is 68.4 cm³/mol. The van der Waals surface area contributed by atoms with Gasteiger partial charge in [0.2, 0.25) is 11.7 Å². The number of nitrogens with zero attached hydrogens (tertiary/aromatic N) is 2. The van der Waals surface area contributed by atoms with Crippen molar-refractivity contribution in [3.63, 3.8) is 0 Å². The molecule has 5 nitrogen and oxygen atoms in total. The van der Waals surface area contributed by atoms with Gasteiger partial charge in [-0.15, -0.1) is 23.7 Å². The second-order valence-electron chi connectivity index (χ2n) is 3.16. The van der Waals surface area contributed by atoms with Gasteiger partial charge in [0.05, 0.1) is 18.0 Å². The predicted octanol–water partition coefficient (Wildman–Crippen LogP) is 1.96. The maximum Gasteiger partial charge on any atom is 0.240 e. The van der Waals surface area contributed by atoms with Crippen LogP contribution in [0.2, 0.25) is 0 Å². The lowest BCUT2D eigenvalue weighted by atomic mass is 10.4. The molecule has 0 spiro atoms. The molecule has 2 aromatic rings. The van der Waals surface area contributed by atoms with Crippen molar-refractivity contribution in [3.8, 4) is 10.7 Å². The van der Waals surface area contributed by atoms with Gasteiger partial charge in [-0.2, -0.15) is 4.98 Å². The Labute approximate surface area is 110 Å². The summed E-state index contributed by atoms with van der Waals surface area (Å²) in [4.78, 5) is 5.30. The zero-order chi connectivity index (χ0) is 11.2. The molecule has 1 N–H and O–H groups in total. The fourth-order valence-electron chi connectivity index (χ4n) is 1.20. The quantitative estimate of drug-likeness (QED) is 0.817. The molecular weight excluding hydrogens is 262 g/mol. The van der Waals surface area contributed by atoms with Gasteiger partial charge in [-0.3, -0.25) is 0 Å². The van der Waals surface area contributed by atoms with Crippen LogP contribution in [0.4, 0.5) is 0 Å². The van der Waals surface area contributed by atoms with Gasteiger partial charge in [-0.25, -0.2) is 0 Å². The monoisotopic (exact) mass is 275 g/mol.